The van der Waals surface area contributed by atoms with E-state index in [-0.39, 0.29) is 0 Å². The maximum absolute atomic E-state index is 6.06. The van der Waals surface area contributed by atoms with Crippen molar-refractivity contribution in [3.63, 3.8) is 0 Å². The molecule has 0 heterocycles. The summed E-state index contributed by atoms with van der Waals surface area (Å²) >= 11 is 6.06. The lowest BCUT2D eigenvalue weighted by Gasteiger charge is -2.08. The summed E-state index contributed by atoms with van der Waals surface area (Å²) in [6.07, 6.45) is 0. The van der Waals surface area contributed by atoms with Crippen molar-refractivity contribution < 1.29 is 0 Å². The molecule has 0 unspecified atom stereocenters. The van der Waals surface area contributed by atoms with Crippen molar-refractivity contribution in [2.75, 3.05) is 0 Å². The predicted molar refractivity (Wildman–Crippen MR) is 69.8 cm³/mol. The number of hydrogen-bond donors (Lipinski definition) is 0. The quantitative estimate of drug-likeness (QED) is 0.422. The Labute approximate surface area is 99.5 Å². The van der Waals surface area contributed by atoms with Crippen molar-refractivity contribution in [1.29, 1.82) is 0 Å². The third-order valence-corrected chi connectivity index (χ3v) is 3.19. The summed E-state index contributed by atoms with van der Waals surface area (Å²) in [5.74, 6) is 0.526. The van der Waals surface area contributed by atoms with E-state index in [1.54, 1.807) is 0 Å². The van der Waals surface area contributed by atoms with Crippen LogP contribution in [0.2, 0.25) is 0 Å². The van der Waals surface area contributed by atoms with Crippen LogP contribution >= 0.6 is 11.6 Å². The van der Waals surface area contributed by atoms with Crippen molar-refractivity contribution in [2.24, 2.45) is 0 Å². The second-order valence-corrected chi connectivity index (χ2v) is 4.11. The molecule has 16 heavy (non-hydrogen) atoms. The Bertz CT molecular complexity index is 602. The molecule has 0 saturated heterocycles. The first-order valence-corrected chi connectivity index (χ1v) is 5.80. The minimum Gasteiger partial charge on any atom is -0.122 e. The number of fused-ring (bicyclic) bond motifs is 2. The Morgan fingerprint density at radius 3 is 2.69 bits per heavy atom. The van der Waals surface area contributed by atoms with Gasteiger partial charge < -0.3 is 0 Å². The van der Waals surface area contributed by atoms with Crippen LogP contribution in [-0.4, -0.2) is 0 Å². The highest BCUT2D eigenvalue weighted by molar-refractivity contribution is 6.20. The molecule has 0 N–H and O–H groups in total. The second kappa shape index (κ2) is 3.80. The Hall–Kier alpha value is -1.53. The van der Waals surface area contributed by atoms with Gasteiger partial charge in [-0.15, -0.1) is 11.6 Å². The van der Waals surface area contributed by atoms with Gasteiger partial charge in [-0.25, -0.2) is 0 Å². The molecule has 0 aliphatic rings. The lowest BCUT2D eigenvalue weighted by molar-refractivity contribution is 1.49. The van der Waals surface area contributed by atoms with Crippen LogP contribution in [0.3, 0.4) is 0 Å². The van der Waals surface area contributed by atoms with E-state index >= 15 is 0 Å². The molecule has 0 atom stereocenters. The second-order valence-electron chi connectivity index (χ2n) is 3.84. The molecule has 0 bridgehead atoms. The summed E-state index contributed by atoms with van der Waals surface area (Å²) in [6.45, 7) is 0. The van der Waals surface area contributed by atoms with E-state index in [9.17, 15) is 0 Å². The highest BCUT2D eigenvalue weighted by Gasteiger charge is 2.05. The molecule has 0 saturated carbocycles. The lowest BCUT2D eigenvalue weighted by atomic mass is 9.98. The van der Waals surface area contributed by atoms with Crippen molar-refractivity contribution >= 4 is 33.1 Å². The van der Waals surface area contributed by atoms with Gasteiger partial charge in [-0.3, -0.25) is 0 Å². The average molecular weight is 226 g/mol. The standard InChI is InChI=1S/C15H10Cl/c16-10-15-13-7-3-1-5-11(13)9-12-6-2-4-8-14(12)15/h1-7,9H,10H2. The van der Waals surface area contributed by atoms with Crippen LogP contribution in [0.25, 0.3) is 21.5 Å². The summed E-state index contributed by atoms with van der Waals surface area (Å²) in [7, 11) is 0. The molecule has 0 amide bonds. The van der Waals surface area contributed by atoms with Crippen molar-refractivity contribution in [3.05, 3.63) is 60.2 Å². The van der Waals surface area contributed by atoms with Crippen LogP contribution in [0.1, 0.15) is 5.56 Å². The van der Waals surface area contributed by atoms with Gasteiger partial charge in [0.1, 0.15) is 0 Å². The molecular formula is C15H10Cl. The molecule has 0 aliphatic heterocycles. The van der Waals surface area contributed by atoms with E-state index in [1.807, 2.05) is 18.2 Å². The zero-order valence-electron chi connectivity index (χ0n) is 8.70. The fourth-order valence-electron chi connectivity index (χ4n) is 2.17. The van der Waals surface area contributed by atoms with Gasteiger partial charge >= 0.3 is 0 Å². The molecule has 77 valence electrons. The van der Waals surface area contributed by atoms with Gasteiger partial charge in [0.2, 0.25) is 0 Å². The molecule has 0 nitrogen and oxygen atoms in total. The number of alkyl halides is 1. The first-order chi connectivity index (χ1) is 7.90. The minimum absolute atomic E-state index is 0.526. The van der Waals surface area contributed by atoms with Crippen LogP contribution < -0.4 is 0 Å². The molecule has 0 aromatic heterocycles. The topological polar surface area (TPSA) is 0 Å². The third-order valence-electron chi connectivity index (χ3n) is 2.92. The Morgan fingerprint density at radius 1 is 1.00 bits per heavy atom. The van der Waals surface area contributed by atoms with E-state index in [4.69, 9.17) is 11.6 Å². The molecule has 0 spiro atoms. The summed E-state index contributed by atoms with van der Waals surface area (Å²) < 4.78 is 0. The van der Waals surface area contributed by atoms with Crippen molar-refractivity contribution in [3.8, 4) is 0 Å². The van der Waals surface area contributed by atoms with Gasteiger partial charge in [0.05, 0.1) is 0 Å². The van der Waals surface area contributed by atoms with Gasteiger partial charge in [0.25, 0.3) is 0 Å². The van der Waals surface area contributed by atoms with Gasteiger partial charge in [0, 0.05) is 5.88 Å². The van der Waals surface area contributed by atoms with Gasteiger partial charge in [-0.05, 0) is 39.2 Å². The first-order valence-electron chi connectivity index (χ1n) is 5.27. The van der Waals surface area contributed by atoms with E-state index in [1.165, 1.54) is 21.7 Å². The molecule has 0 aliphatic carbocycles. The number of halogens is 1. The van der Waals surface area contributed by atoms with E-state index < -0.39 is 0 Å². The Morgan fingerprint density at radius 2 is 1.81 bits per heavy atom. The third kappa shape index (κ3) is 1.38. The average Bonchev–Trinajstić information content (AvgIpc) is 2.36. The van der Waals surface area contributed by atoms with Gasteiger partial charge in [-0.2, -0.15) is 0 Å². The number of rotatable bonds is 1. The fourth-order valence-corrected chi connectivity index (χ4v) is 2.45. The van der Waals surface area contributed by atoms with Gasteiger partial charge in [-0.1, -0.05) is 42.5 Å². The van der Waals surface area contributed by atoms with Crippen molar-refractivity contribution in [2.45, 2.75) is 5.88 Å². The minimum atomic E-state index is 0.526. The number of benzene rings is 3. The summed E-state index contributed by atoms with van der Waals surface area (Å²) in [4.78, 5) is 0. The summed E-state index contributed by atoms with van der Waals surface area (Å²) in [5.41, 5.74) is 1.18. The smallest absolute Gasteiger partial charge is 0.0486 e. The van der Waals surface area contributed by atoms with E-state index in [0.29, 0.717) is 5.88 Å². The normalized spacial score (nSPS) is 11.1. The maximum Gasteiger partial charge on any atom is 0.0486 e. The predicted octanol–water partition coefficient (Wildman–Crippen LogP) is 4.53. The van der Waals surface area contributed by atoms with E-state index in [0.717, 1.165) is 5.39 Å². The molecule has 1 radical (unpaired) electrons. The Kier molecular flexibility index (Phi) is 2.30. The SMILES string of the molecule is ClCc1c2[c]cccc2cc2ccccc12. The maximum atomic E-state index is 6.06. The summed E-state index contributed by atoms with van der Waals surface area (Å²) in [5, 5.41) is 4.81. The highest BCUT2D eigenvalue weighted by atomic mass is 35.5. The van der Waals surface area contributed by atoms with Crippen LogP contribution in [0, 0.1) is 6.07 Å². The molecule has 3 aromatic rings. The van der Waals surface area contributed by atoms with Crippen LogP contribution in [-0.2, 0) is 5.88 Å². The van der Waals surface area contributed by atoms with Crippen molar-refractivity contribution in [1.82, 2.24) is 0 Å². The zero-order chi connectivity index (χ0) is 11.0. The highest BCUT2D eigenvalue weighted by Crippen LogP contribution is 2.29. The van der Waals surface area contributed by atoms with E-state index in [2.05, 4.69) is 36.4 Å². The monoisotopic (exact) mass is 225 g/mol. The largest absolute Gasteiger partial charge is 0.122 e. The molecule has 3 aromatic carbocycles. The fraction of sp³-hybridized carbons (Fsp3) is 0.0667. The van der Waals surface area contributed by atoms with Crippen LogP contribution in [0.4, 0.5) is 0 Å². The number of hydrogen-bond acceptors (Lipinski definition) is 0. The molecular weight excluding hydrogens is 216 g/mol. The first kappa shape index (κ1) is 9.68. The Balaban J connectivity index is 2.56. The molecule has 0 fully saturated rings. The van der Waals surface area contributed by atoms with Crippen LogP contribution in [0.15, 0.2) is 48.5 Å². The lowest BCUT2D eigenvalue weighted by Crippen LogP contribution is -1.85. The van der Waals surface area contributed by atoms with Crippen LogP contribution in [0.5, 0.6) is 0 Å². The van der Waals surface area contributed by atoms with Gasteiger partial charge in [0.15, 0.2) is 0 Å². The molecule has 1 heteroatoms. The summed E-state index contributed by atoms with van der Waals surface area (Å²) in [6, 6.07) is 19.9. The zero-order valence-corrected chi connectivity index (χ0v) is 9.46. The molecule has 3 rings (SSSR count).